The first-order chi connectivity index (χ1) is 22.5. The molecule has 11 nitrogen and oxygen atoms in total. The molecule has 1 saturated heterocycles. The molecule has 47 heavy (non-hydrogen) atoms. The van der Waals surface area contributed by atoms with Crippen LogP contribution in [0.4, 0.5) is 5.82 Å². The van der Waals surface area contributed by atoms with Gasteiger partial charge >= 0.3 is 5.63 Å². The summed E-state index contributed by atoms with van der Waals surface area (Å²) in [5.41, 5.74) is 2.92. The van der Waals surface area contributed by atoms with Crippen LogP contribution in [0.25, 0.3) is 22.0 Å². The Hall–Kier alpha value is -4.95. The van der Waals surface area contributed by atoms with Gasteiger partial charge in [-0.25, -0.2) is 14.8 Å². The molecule has 2 aromatic carbocycles. The van der Waals surface area contributed by atoms with Gasteiger partial charge in [0.1, 0.15) is 23.6 Å². The number of carbonyl (C=O) groups excluding carboxylic acids is 2. The Morgan fingerprint density at radius 1 is 1.17 bits per heavy atom. The normalized spacial score (nSPS) is 14.5. The van der Waals surface area contributed by atoms with Gasteiger partial charge in [-0.05, 0) is 56.5 Å². The Labute approximate surface area is 277 Å². The molecule has 1 aliphatic heterocycles. The number of rotatable bonds is 10. The first-order valence-electron chi connectivity index (χ1n) is 15.5. The molecule has 1 aliphatic rings. The van der Waals surface area contributed by atoms with Gasteiger partial charge in [0.2, 0.25) is 11.8 Å². The van der Waals surface area contributed by atoms with E-state index in [0.717, 1.165) is 12.0 Å². The van der Waals surface area contributed by atoms with Gasteiger partial charge in [0, 0.05) is 43.7 Å². The molecule has 1 fully saturated rings. The smallest absolute Gasteiger partial charge is 0.340 e. The molecule has 0 spiro atoms. The van der Waals surface area contributed by atoms with Crippen molar-refractivity contribution < 1.29 is 18.7 Å². The monoisotopic (exact) mass is 656 g/mol. The van der Waals surface area contributed by atoms with E-state index in [1.165, 1.54) is 0 Å². The number of aryl methyl sites for hydroxylation is 1. The first kappa shape index (κ1) is 33.4. The number of nitrogens with zero attached hydrogens (tertiary/aromatic N) is 5. The van der Waals surface area contributed by atoms with E-state index in [9.17, 15) is 19.6 Å². The SMILES string of the molecule is C=C(C)COc1cc2oc(=O)c(CC(=O)N3CCN(c4nc5ccccc5nc4C(C#N)C(=O)NC(C)CC)CC3)c(C)c2cc1Cl. The van der Waals surface area contributed by atoms with Crippen LogP contribution in [0.5, 0.6) is 5.75 Å². The van der Waals surface area contributed by atoms with Crippen molar-refractivity contribution >= 4 is 51.2 Å². The summed E-state index contributed by atoms with van der Waals surface area (Å²) in [6.45, 7) is 13.0. The van der Waals surface area contributed by atoms with Gasteiger partial charge < -0.3 is 24.3 Å². The van der Waals surface area contributed by atoms with Crippen molar-refractivity contribution in [2.45, 2.75) is 52.5 Å². The molecule has 1 N–H and O–H groups in total. The number of piperazine rings is 1. The lowest BCUT2D eigenvalue weighted by atomic mass is 10.0. The molecule has 244 valence electrons. The number of nitrogens with one attached hydrogen (secondary N) is 1. The number of aromatic nitrogens is 2. The average molecular weight is 657 g/mol. The van der Waals surface area contributed by atoms with Gasteiger partial charge in [0.15, 0.2) is 11.7 Å². The van der Waals surface area contributed by atoms with Crippen LogP contribution in [0.15, 0.2) is 57.8 Å². The number of amides is 2. The number of fused-ring (bicyclic) bond motifs is 2. The number of nitriles is 1. The second-order valence-electron chi connectivity index (χ2n) is 11.9. The first-order valence-corrected chi connectivity index (χ1v) is 15.9. The largest absolute Gasteiger partial charge is 0.488 e. The molecular weight excluding hydrogens is 620 g/mol. The van der Waals surface area contributed by atoms with Crippen molar-refractivity contribution in [3.8, 4) is 11.8 Å². The lowest BCUT2D eigenvalue weighted by Crippen LogP contribution is -2.50. The van der Waals surface area contributed by atoms with Crippen LogP contribution in [0.2, 0.25) is 5.02 Å². The highest BCUT2D eigenvalue weighted by atomic mass is 35.5. The number of hydrogen-bond acceptors (Lipinski definition) is 9. The average Bonchev–Trinajstić information content (AvgIpc) is 3.06. The van der Waals surface area contributed by atoms with Gasteiger partial charge in [0.25, 0.3) is 0 Å². The third kappa shape index (κ3) is 7.23. The molecule has 12 heteroatoms. The van der Waals surface area contributed by atoms with Gasteiger partial charge in [0.05, 0.1) is 34.1 Å². The van der Waals surface area contributed by atoms with E-state index in [2.05, 4.69) is 18.0 Å². The number of carbonyl (C=O) groups is 2. The molecule has 5 rings (SSSR count). The van der Waals surface area contributed by atoms with Crippen molar-refractivity contribution in [2.24, 2.45) is 0 Å². The highest BCUT2D eigenvalue weighted by molar-refractivity contribution is 6.32. The Balaban J connectivity index is 1.35. The third-order valence-electron chi connectivity index (χ3n) is 8.32. The lowest BCUT2D eigenvalue weighted by Gasteiger charge is -2.36. The summed E-state index contributed by atoms with van der Waals surface area (Å²) in [7, 11) is 0. The molecule has 0 radical (unpaired) electrons. The standard InChI is InChI=1S/C35H37ClN6O5/c1-6-21(4)38-34(44)25(18-37)32-33(40-28-10-8-7-9-27(28)39-32)42-13-11-41(12-14-42)31(43)16-24-22(5)23-15-26(36)30(46-19-20(2)3)17-29(23)47-35(24)45/h7-10,15,17,21,25H,2,6,11-14,16,19H2,1,3-5H3,(H,38,44). The zero-order valence-electron chi connectivity index (χ0n) is 26.9. The van der Waals surface area contributed by atoms with Gasteiger partial charge in [-0.1, -0.05) is 37.2 Å². The van der Waals surface area contributed by atoms with Crippen molar-refractivity contribution in [3.05, 3.63) is 80.8 Å². The Kier molecular flexibility index (Phi) is 10.1. The van der Waals surface area contributed by atoms with Gasteiger partial charge in [-0.2, -0.15) is 5.26 Å². The lowest BCUT2D eigenvalue weighted by molar-refractivity contribution is -0.130. The van der Waals surface area contributed by atoms with Crippen LogP contribution >= 0.6 is 11.6 Å². The fraction of sp³-hybridized carbons (Fsp3) is 0.371. The molecular formula is C35H37ClN6O5. The van der Waals surface area contributed by atoms with Crippen LogP contribution in [-0.4, -0.2) is 65.5 Å². The van der Waals surface area contributed by atoms with Crippen LogP contribution < -0.4 is 20.6 Å². The zero-order valence-corrected chi connectivity index (χ0v) is 27.7. The minimum atomic E-state index is -1.16. The maximum atomic E-state index is 13.5. The molecule has 2 aromatic heterocycles. The van der Waals surface area contributed by atoms with Crippen LogP contribution in [0.1, 0.15) is 49.9 Å². The van der Waals surface area contributed by atoms with Crippen molar-refractivity contribution in [3.63, 3.8) is 0 Å². The summed E-state index contributed by atoms with van der Waals surface area (Å²) in [4.78, 5) is 52.8. The fourth-order valence-electron chi connectivity index (χ4n) is 5.44. The van der Waals surface area contributed by atoms with E-state index >= 15 is 0 Å². The number of halogens is 1. The van der Waals surface area contributed by atoms with E-state index in [0.29, 0.717) is 70.3 Å². The van der Waals surface area contributed by atoms with Crippen LogP contribution in [-0.2, 0) is 16.0 Å². The van der Waals surface area contributed by atoms with Crippen LogP contribution in [0.3, 0.4) is 0 Å². The van der Waals surface area contributed by atoms with Crippen molar-refractivity contribution in [1.82, 2.24) is 20.2 Å². The number of para-hydroxylation sites is 2. The number of ether oxygens (including phenoxy) is 1. The van der Waals surface area contributed by atoms with Crippen LogP contribution in [0, 0.1) is 18.3 Å². The third-order valence-corrected chi connectivity index (χ3v) is 8.61. The Bertz CT molecular complexity index is 1960. The van der Waals surface area contributed by atoms with Gasteiger partial charge in [-0.15, -0.1) is 0 Å². The summed E-state index contributed by atoms with van der Waals surface area (Å²) in [6.07, 6.45) is 0.583. The van der Waals surface area contributed by atoms with E-state index < -0.39 is 17.5 Å². The summed E-state index contributed by atoms with van der Waals surface area (Å²) >= 11 is 6.46. The minimum Gasteiger partial charge on any atom is -0.488 e. The molecule has 0 bridgehead atoms. The minimum absolute atomic E-state index is 0.103. The summed E-state index contributed by atoms with van der Waals surface area (Å²) in [5.74, 6) is -0.991. The molecule has 2 atom stereocenters. The second kappa shape index (κ2) is 14.2. The highest BCUT2D eigenvalue weighted by Crippen LogP contribution is 2.33. The molecule has 2 unspecified atom stereocenters. The van der Waals surface area contributed by atoms with E-state index in [-0.39, 0.29) is 36.2 Å². The van der Waals surface area contributed by atoms with E-state index in [1.54, 1.807) is 30.0 Å². The number of anilines is 1. The van der Waals surface area contributed by atoms with E-state index in [1.807, 2.05) is 43.9 Å². The second-order valence-corrected chi connectivity index (χ2v) is 12.3. The topological polar surface area (TPSA) is 142 Å². The summed E-state index contributed by atoms with van der Waals surface area (Å²) < 4.78 is 11.3. The Morgan fingerprint density at radius 2 is 1.85 bits per heavy atom. The number of benzene rings is 2. The molecule has 3 heterocycles. The summed E-state index contributed by atoms with van der Waals surface area (Å²) in [6, 6.07) is 12.6. The summed E-state index contributed by atoms with van der Waals surface area (Å²) in [5, 5.41) is 13.9. The molecule has 0 aliphatic carbocycles. The van der Waals surface area contributed by atoms with Crippen molar-refractivity contribution in [1.29, 1.82) is 5.26 Å². The predicted octanol–water partition coefficient (Wildman–Crippen LogP) is 5.07. The maximum absolute atomic E-state index is 13.5. The van der Waals surface area contributed by atoms with E-state index in [4.69, 9.17) is 30.7 Å². The molecule has 2 amide bonds. The highest BCUT2D eigenvalue weighted by Gasteiger charge is 2.32. The number of hydrogen-bond donors (Lipinski definition) is 1. The Morgan fingerprint density at radius 3 is 2.49 bits per heavy atom. The predicted molar refractivity (Wildman–Crippen MR) is 181 cm³/mol. The van der Waals surface area contributed by atoms with Crippen molar-refractivity contribution in [2.75, 3.05) is 37.7 Å². The molecule has 4 aromatic rings. The molecule has 0 saturated carbocycles. The fourth-order valence-corrected chi connectivity index (χ4v) is 5.66. The maximum Gasteiger partial charge on any atom is 0.340 e. The van der Waals surface area contributed by atoms with Gasteiger partial charge in [-0.3, -0.25) is 9.59 Å². The quantitative estimate of drug-likeness (QED) is 0.183. The zero-order chi connectivity index (χ0) is 33.8.